The van der Waals surface area contributed by atoms with Crippen molar-refractivity contribution >= 4 is 0 Å². The summed E-state index contributed by atoms with van der Waals surface area (Å²) in [7, 11) is 0. The largest absolute Gasteiger partial charge is 0.374 e. The van der Waals surface area contributed by atoms with Crippen LogP contribution in [-0.4, -0.2) is 49.8 Å². The molecule has 0 spiro atoms. The highest BCUT2D eigenvalue weighted by Crippen LogP contribution is 2.04. The van der Waals surface area contributed by atoms with Crippen LogP contribution in [0.3, 0.4) is 0 Å². The number of likely N-dealkylation sites (N-methyl/N-ethyl adjacent to an activating group) is 1. The molecule has 2 atom stereocenters. The van der Waals surface area contributed by atoms with Gasteiger partial charge in [0.25, 0.3) is 0 Å². The minimum absolute atomic E-state index is 0.387. The molecule has 1 rings (SSSR count). The van der Waals surface area contributed by atoms with Crippen molar-refractivity contribution in [2.45, 2.75) is 39.3 Å². The van der Waals surface area contributed by atoms with Crippen LogP contribution in [0.25, 0.3) is 0 Å². The Kier molecular flexibility index (Phi) is 5.45. The molecule has 0 amide bonds. The molecule has 14 heavy (non-hydrogen) atoms. The zero-order chi connectivity index (χ0) is 10.4. The maximum absolute atomic E-state index is 5.70. The number of nitrogens with one attached hydrogen (secondary N) is 1. The van der Waals surface area contributed by atoms with Crippen LogP contribution in [-0.2, 0) is 4.74 Å². The van der Waals surface area contributed by atoms with Gasteiger partial charge in [0.15, 0.2) is 0 Å². The van der Waals surface area contributed by atoms with Crippen molar-refractivity contribution in [1.82, 2.24) is 10.2 Å². The number of nitrogens with zero attached hydrogens (tertiary/aromatic N) is 1. The Balaban J connectivity index is 2.17. The first-order chi connectivity index (χ1) is 6.76. The highest BCUT2D eigenvalue weighted by atomic mass is 16.5. The third kappa shape index (κ3) is 3.95. The Morgan fingerprint density at radius 1 is 1.50 bits per heavy atom. The van der Waals surface area contributed by atoms with Crippen LogP contribution >= 0.6 is 0 Å². The molecule has 1 saturated heterocycles. The molecule has 2 unspecified atom stereocenters. The summed E-state index contributed by atoms with van der Waals surface area (Å²) < 4.78 is 5.70. The summed E-state index contributed by atoms with van der Waals surface area (Å²) in [5, 5.41) is 3.49. The van der Waals surface area contributed by atoms with Gasteiger partial charge in [0.2, 0.25) is 0 Å². The predicted molar refractivity (Wildman–Crippen MR) is 59.6 cm³/mol. The summed E-state index contributed by atoms with van der Waals surface area (Å²) in [5.41, 5.74) is 0. The minimum atomic E-state index is 0.387. The van der Waals surface area contributed by atoms with Crippen molar-refractivity contribution < 1.29 is 4.74 Å². The van der Waals surface area contributed by atoms with Crippen molar-refractivity contribution in [3.8, 4) is 0 Å². The molecule has 0 aromatic rings. The average Bonchev–Trinajstić information content (AvgIpc) is 2.26. The number of hydrogen-bond donors (Lipinski definition) is 1. The van der Waals surface area contributed by atoms with Gasteiger partial charge >= 0.3 is 0 Å². The summed E-state index contributed by atoms with van der Waals surface area (Å²) in [4.78, 5) is 2.45. The van der Waals surface area contributed by atoms with E-state index in [0.717, 1.165) is 32.8 Å². The van der Waals surface area contributed by atoms with E-state index >= 15 is 0 Å². The van der Waals surface area contributed by atoms with E-state index in [1.165, 1.54) is 6.42 Å². The highest BCUT2D eigenvalue weighted by molar-refractivity contribution is 4.73. The molecule has 84 valence electrons. The average molecular weight is 200 g/mol. The van der Waals surface area contributed by atoms with Gasteiger partial charge in [-0.3, -0.25) is 4.90 Å². The molecule has 0 radical (unpaired) electrons. The number of ether oxygens (including phenoxy) is 1. The van der Waals surface area contributed by atoms with Gasteiger partial charge in [-0.2, -0.15) is 0 Å². The molecule has 1 heterocycles. The van der Waals surface area contributed by atoms with Crippen LogP contribution in [0, 0.1) is 0 Å². The summed E-state index contributed by atoms with van der Waals surface area (Å²) in [6.45, 7) is 11.8. The lowest BCUT2D eigenvalue weighted by Gasteiger charge is -2.32. The molecule has 0 aliphatic carbocycles. The molecule has 0 aromatic heterocycles. The van der Waals surface area contributed by atoms with Crippen LogP contribution < -0.4 is 5.32 Å². The highest BCUT2D eigenvalue weighted by Gasteiger charge is 2.18. The number of rotatable bonds is 5. The van der Waals surface area contributed by atoms with Gasteiger partial charge < -0.3 is 10.1 Å². The summed E-state index contributed by atoms with van der Waals surface area (Å²) in [6.07, 6.45) is 1.57. The Bertz CT molecular complexity index is 152. The normalized spacial score (nSPS) is 26.4. The van der Waals surface area contributed by atoms with Gasteiger partial charge in [0.05, 0.1) is 12.7 Å². The lowest BCUT2D eigenvalue weighted by atomic mass is 10.2. The summed E-state index contributed by atoms with van der Waals surface area (Å²) in [6, 6.07) is 0.607. The van der Waals surface area contributed by atoms with Crippen molar-refractivity contribution in [2.75, 3.05) is 32.8 Å². The molecule has 0 aromatic carbocycles. The molecule has 1 fully saturated rings. The van der Waals surface area contributed by atoms with Gasteiger partial charge in [-0.05, 0) is 19.9 Å². The van der Waals surface area contributed by atoms with Crippen LogP contribution in [0.5, 0.6) is 0 Å². The maximum atomic E-state index is 5.70. The first-order valence-corrected chi connectivity index (χ1v) is 5.83. The van der Waals surface area contributed by atoms with Gasteiger partial charge in [0, 0.05) is 25.7 Å². The molecule has 3 nitrogen and oxygen atoms in total. The molecular formula is C11H24N2O. The smallest absolute Gasteiger partial charge is 0.0826 e. The lowest BCUT2D eigenvalue weighted by Crippen LogP contribution is -2.47. The van der Waals surface area contributed by atoms with Crippen molar-refractivity contribution in [3.05, 3.63) is 0 Å². The molecule has 1 aliphatic rings. The fraction of sp³-hybridized carbons (Fsp3) is 1.00. The van der Waals surface area contributed by atoms with Gasteiger partial charge in [-0.15, -0.1) is 0 Å². The zero-order valence-electron chi connectivity index (χ0n) is 9.75. The van der Waals surface area contributed by atoms with Crippen molar-refractivity contribution in [3.63, 3.8) is 0 Å². The zero-order valence-corrected chi connectivity index (χ0v) is 9.75. The van der Waals surface area contributed by atoms with Crippen LogP contribution in [0.2, 0.25) is 0 Å². The fourth-order valence-electron chi connectivity index (χ4n) is 1.67. The standard InChI is InChI=1S/C11H24N2O/c1-4-10(3)12-8-11-9-13(5-2)6-7-14-11/h10-12H,4-9H2,1-3H3. The number of morpholine rings is 1. The van der Waals surface area contributed by atoms with Gasteiger partial charge in [0.1, 0.15) is 0 Å². The van der Waals surface area contributed by atoms with Crippen LogP contribution in [0.1, 0.15) is 27.2 Å². The molecular weight excluding hydrogens is 176 g/mol. The SMILES string of the molecule is CCC(C)NCC1CN(CC)CCO1. The minimum Gasteiger partial charge on any atom is -0.374 e. The second kappa shape index (κ2) is 6.38. The molecule has 3 heteroatoms. The molecule has 1 aliphatic heterocycles. The second-order valence-electron chi connectivity index (χ2n) is 4.10. The van der Waals surface area contributed by atoms with Gasteiger partial charge in [-0.25, -0.2) is 0 Å². The first-order valence-electron chi connectivity index (χ1n) is 5.83. The summed E-state index contributed by atoms with van der Waals surface area (Å²) in [5.74, 6) is 0. The van der Waals surface area contributed by atoms with E-state index in [9.17, 15) is 0 Å². The van der Waals surface area contributed by atoms with E-state index in [-0.39, 0.29) is 0 Å². The Morgan fingerprint density at radius 3 is 2.93 bits per heavy atom. The molecule has 1 N–H and O–H groups in total. The lowest BCUT2D eigenvalue weighted by molar-refractivity contribution is -0.0261. The Labute approximate surface area is 87.8 Å². The monoisotopic (exact) mass is 200 g/mol. The fourth-order valence-corrected chi connectivity index (χ4v) is 1.67. The van der Waals surface area contributed by atoms with E-state index in [2.05, 4.69) is 31.0 Å². The quantitative estimate of drug-likeness (QED) is 0.719. The second-order valence-corrected chi connectivity index (χ2v) is 4.10. The van der Waals surface area contributed by atoms with Crippen LogP contribution in [0.4, 0.5) is 0 Å². The van der Waals surface area contributed by atoms with Crippen LogP contribution in [0.15, 0.2) is 0 Å². The van der Waals surface area contributed by atoms with E-state index in [4.69, 9.17) is 4.74 Å². The number of hydrogen-bond acceptors (Lipinski definition) is 3. The van der Waals surface area contributed by atoms with E-state index in [1.807, 2.05) is 0 Å². The summed E-state index contributed by atoms with van der Waals surface area (Å²) >= 11 is 0. The third-order valence-electron chi connectivity index (χ3n) is 2.98. The Hall–Kier alpha value is -0.120. The van der Waals surface area contributed by atoms with E-state index < -0.39 is 0 Å². The Morgan fingerprint density at radius 2 is 2.29 bits per heavy atom. The third-order valence-corrected chi connectivity index (χ3v) is 2.98. The predicted octanol–water partition coefficient (Wildman–Crippen LogP) is 1.10. The van der Waals surface area contributed by atoms with Crippen molar-refractivity contribution in [2.24, 2.45) is 0 Å². The first kappa shape index (κ1) is 12.0. The molecule has 0 saturated carbocycles. The van der Waals surface area contributed by atoms with E-state index in [0.29, 0.717) is 12.1 Å². The topological polar surface area (TPSA) is 24.5 Å². The molecule has 0 bridgehead atoms. The maximum Gasteiger partial charge on any atom is 0.0826 e. The van der Waals surface area contributed by atoms with Gasteiger partial charge in [-0.1, -0.05) is 13.8 Å². The van der Waals surface area contributed by atoms with E-state index in [1.54, 1.807) is 0 Å². The van der Waals surface area contributed by atoms with Crippen molar-refractivity contribution in [1.29, 1.82) is 0 Å².